The summed E-state index contributed by atoms with van der Waals surface area (Å²) in [7, 11) is -6.06. The third kappa shape index (κ3) is 5.27. The molecule has 0 saturated carbocycles. The summed E-state index contributed by atoms with van der Waals surface area (Å²) in [4.78, 5) is 12.5. The number of likely N-dealkylation sites (N-methyl/N-ethyl adjacent to an activating group) is 1. The molecule has 1 fully saturated rings. The lowest BCUT2D eigenvalue weighted by molar-refractivity contribution is -0.116. The van der Waals surface area contributed by atoms with Gasteiger partial charge in [-0.1, -0.05) is 25.0 Å². The number of nitrogens with zero attached hydrogens (tertiary/aromatic N) is 2. The second kappa shape index (κ2) is 9.56. The number of anilines is 1. The van der Waals surface area contributed by atoms with Gasteiger partial charge in [-0.2, -0.15) is 8.61 Å². The summed E-state index contributed by atoms with van der Waals surface area (Å²) in [5.41, 5.74) is 0.304. The number of sulfonamides is 2. The van der Waals surface area contributed by atoms with Crippen molar-refractivity contribution in [2.24, 2.45) is 0 Å². The zero-order chi connectivity index (χ0) is 21.8. The molecule has 1 aromatic heterocycles. The van der Waals surface area contributed by atoms with Gasteiger partial charge in [0.05, 0.1) is 11.4 Å². The van der Waals surface area contributed by atoms with Crippen LogP contribution in [0.5, 0.6) is 0 Å². The van der Waals surface area contributed by atoms with Gasteiger partial charge < -0.3 is 5.32 Å². The zero-order valence-electron chi connectivity index (χ0n) is 16.7. The van der Waals surface area contributed by atoms with Crippen LogP contribution < -0.4 is 5.32 Å². The van der Waals surface area contributed by atoms with E-state index in [-0.39, 0.29) is 15.6 Å². The van der Waals surface area contributed by atoms with Gasteiger partial charge in [-0.15, -0.1) is 11.3 Å². The first-order valence-electron chi connectivity index (χ1n) is 9.61. The molecule has 1 aliphatic rings. The number of hydrogen-bond donors (Lipinski definition) is 1. The molecule has 3 rings (SSSR count). The van der Waals surface area contributed by atoms with Gasteiger partial charge in [0.1, 0.15) is 4.21 Å². The molecule has 1 saturated heterocycles. The Morgan fingerprint density at radius 3 is 2.40 bits per heavy atom. The zero-order valence-corrected chi connectivity index (χ0v) is 19.1. The van der Waals surface area contributed by atoms with Crippen LogP contribution in [0.1, 0.15) is 25.7 Å². The molecule has 0 unspecified atom stereocenters. The largest absolute Gasteiger partial charge is 0.325 e. The average molecular weight is 472 g/mol. The predicted octanol–water partition coefficient (Wildman–Crippen LogP) is 2.57. The number of hydrogen-bond acceptors (Lipinski definition) is 6. The molecule has 0 aliphatic carbocycles. The number of nitrogens with one attached hydrogen (secondary N) is 1. The Morgan fingerprint density at radius 2 is 1.77 bits per heavy atom. The van der Waals surface area contributed by atoms with E-state index in [1.807, 2.05) is 0 Å². The van der Waals surface area contributed by atoms with Gasteiger partial charge in [0.15, 0.2) is 0 Å². The Balaban J connectivity index is 1.69. The molecule has 0 spiro atoms. The highest BCUT2D eigenvalue weighted by Crippen LogP contribution is 2.23. The number of amides is 1. The van der Waals surface area contributed by atoms with Crippen LogP contribution in [-0.2, 0) is 24.8 Å². The minimum Gasteiger partial charge on any atom is -0.325 e. The normalized spacial score (nSPS) is 16.3. The SMILES string of the molecule is CN(CC(=O)Nc1cccc(S(=O)(=O)N2CCCCCC2)c1)S(=O)(=O)c1cccs1. The van der Waals surface area contributed by atoms with E-state index in [1.54, 1.807) is 23.6 Å². The third-order valence-corrected chi connectivity index (χ3v) is 9.92. The van der Waals surface area contributed by atoms with Gasteiger partial charge in [-0.3, -0.25) is 4.79 Å². The molecule has 8 nitrogen and oxygen atoms in total. The molecular formula is C19H25N3O5S3. The summed E-state index contributed by atoms with van der Waals surface area (Å²) < 4.78 is 53.4. The summed E-state index contributed by atoms with van der Waals surface area (Å²) in [5, 5.41) is 4.24. The lowest BCUT2D eigenvalue weighted by Crippen LogP contribution is -2.34. The molecule has 0 radical (unpaired) electrons. The van der Waals surface area contributed by atoms with Crippen LogP contribution in [0.3, 0.4) is 0 Å². The van der Waals surface area contributed by atoms with Crippen molar-refractivity contribution in [2.45, 2.75) is 34.8 Å². The lowest BCUT2D eigenvalue weighted by atomic mass is 10.2. The molecule has 2 heterocycles. The Labute approximate surface area is 181 Å². The van der Waals surface area contributed by atoms with E-state index in [9.17, 15) is 21.6 Å². The molecular weight excluding hydrogens is 446 g/mol. The summed E-state index contributed by atoms with van der Waals surface area (Å²) in [6.07, 6.45) is 3.70. The van der Waals surface area contributed by atoms with Gasteiger partial charge in [0.25, 0.3) is 10.0 Å². The van der Waals surface area contributed by atoms with Gasteiger partial charge in [0.2, 0.25) is 15.9 Å². The number of carbonyl (C=O) groups is 1. The summed E-state index contributed by atoms with van der Waals surface area (Å²) >= 11 is 1.08. The van der Waals surface area contributed by atoms with E-state index in [0.29, 0.717) is 18.8 Å². The molecule has 1 amide bonds. The molecule has 0 atom stereocenters. The van der Waals surface area contributed by atoms with Crippen LogP contribution >= 0.6 is 11.3 Å². The van der Waals surface area contributed by atoms with Crippen LogP contribution in [0.15, 0.2) is 50.9 Å². The molecule has 11 heteroatoms. The van der Waals surface area contributed by atoms with Crippen molar-refractivity contribution in [1.29, 1.82) is 0 Å². The topological polar surface area (TPSA) is 104 Å². The van der Waals surface area contributed by atoms with E-state index >= 15 is 0 Å². The van der Waals surface area contributed by atoms with Gasteiger partial charge in [-0.05, 0) is 42.5 Å². The molecule has 164 valence electrons. The Kier molecular flexibility index (Phi) is 7.30. The van der Waals surface area contributed by atoms with E-state index in [4.69, 9.17) is 0 Å². The second-order valence-corrected chi connectivity index (χ2v) is 12.2. The van der Waals surface area contributed by atoms with Crippen LogP contribution in [0.25, 0.3) is 0 Å². The van der Waals surface area contributed by atoms with Crippen LogP contribution in [0.2, 0.25) is 0 Å². The van der Waals surface area contributed by atoms with E-state index in [2.05, 4.69) is 5.32 Å². The monoisotopic (exact) mass is 471 g/mol. The number of rotatable bonds is 7. The summed E-state index contributed by atoms with van der Waals surface area (Å²) in [6.45, 7) is 0.595. The Bertz CT molecular complexity index is 1070. The quantitative estimate of drug-likeness (QED) is 0.668. The van der Waals surface area contributed by atoms with Crippen molar-refractivity contribution in [3.05, 3.63) is 41.8 Å². The molecule has 1 aliphatic heterocycles. The molecule has 1 aromatic carbocycles. The fourth-order valence-corrected chi connectivity index (χ4v) is 7.11. The maximum Gasteiger partial charge on any atom is 0.252 e. The molecule has 0 bridgehead atoms. The van der Waals surface area contributed by atoms with Crippen molar-refractivity contribution in [3.63, 3.8) is 0 Å². The predicted molar refractivity (Wildman–Crippen MR) is 116 cm³/mol. The first-order chi connectivity index (χ1) is 14.2. The second-order valence-electron chi connectivity index (χ2n) is 7.09. The average Bonchev–Trinajstić information content (AvgIpc) is 3.11. The van der Waals surface area contributed by atoms with Crippen molar-refractivity contribution < 1.29 is 21.6 Å². The van der Waals surface area contributed by atoms with E-state index < -0.39 is 26.0 Å². The maximum atomic E-state index is 12.9. The number of carbonyl (C=O) groups excluding carboxylic acids is 1. The minimum atomic E-state index is -3.74. The van der Waals surface area contributed by atoms with Crippen molar-refractivity contribution in [2.75, 3.05) is 32.0 Å². The summed E-state index contributed by atoms with van der Waals surface area (Å²) in [6, 6.07) is 9.15. The van der Waals surface area contributed by atoms with Crippen LogP contribution in [0.4, 0.5) is 5.69 Å². The number of benzene rings is 1. The highest BCUT2D eigenvalue weighted by molar-refractivity contribution is 7.91. The lowest BCUT2D eigenvalue weighted by Gasteiger charge is -2.20. The maximum absolute atomic E-state index is 12.9. The minimum absolute atomic E-state index is 0.113. The van der Waals surface area contributed by atoms with Gasteiger partial charge >= 0.3 is 0 Å². The van der Waals surface area contributed by atoms with Gasteiger partial charge in [0, 0.05) is 25.8 Å². The Hall–Kier alpha value is -1.79. The van der Waals surface area contributed by atoms with Crippen molar-refractivity contribution >= 4 is 43.0 Å². The standard InChI is InChI=1S/C19H25N3O5S3/c1-21(30(26,27)19-10-7-13-28-19)15-18(23)20-16-8-6-9-17(14-16)29(24,25)22-11-4-2-3-5-12-22/h6-10,13-14H,2-5,11-12,15H2,1H3,(H,20,23). The van der Waals surface area contributed by atoms with Crippen molar-refractivity contribution in [1.82, 2.24) is 8.61 Å². The first kappa shape index (κ1) is 22.9. The Morgan fingerprint density at radius 1 is 1.07 bits per heavy atom. The van der Waals surface area contributed by atoms with Crippen LogP contribution in [-0.4, -0.2) is 58.0 Å². The van der Waals surface area contributed by atoms with Gasteiger partial charge in [-0.25, -0.2) is 16.8 Å². The number of thiophene rings is 1. The molecule has 30 heavy (non-hydrogen) atoms. The fourth-order valence-electron chi connectivity index (χ4n) is 3.22. The highest BCUT2D eigenvalue weighted by atomic mass is 32.2. The third-order valence-electron chi connectivity index (χ3n) is 4.85. The molecule has 1 N–H and O–H groups in total. The van der Waals surface area contributed by atoms with Crippen molar-refractivity contribution in [3.8, 4) is 0 Å². The highest BCUT2D eigenvalue weighted by Gasteiger charge is 2.26. The van der Waals surface area contributed by atoms with E-state index in [0.717, 1.165) is 41.3 Å². The smallest absolute Gasteiger partial charge is 0.252 e. The summed E-state index contributed by atoms with van der Waals surface area (Å²) in [5.74, 6) is -0.554. The van der Waals surface area contributed by atoms with E-state index in [1.165, 1.54) is 29.6 Å². The molecule has 2 aromatic rings. The first-order valence-corrected chi connectivity index (χ1v) is 13.4. The van der Waals surface area contributed by atoms with Crippen LogP contribution in [0, 0.1) is 0 Å². The fraction of sp³-hybridized carbons (Fsp3) is 0.421.